The molecule has 0 fully saturated rings. The van der Waals surface area contributed by atoms with Gasteiger partial charge in [0.1, 0.15) is 0 Å². The van der Waals surface area contributed by atoms with Crippen LogP contribution in [0.3, 0.4) is 0 Å². The molecule has 1 atom stereocenters. The van der Waals surface area contributed by atoms with Gasteiger partial charge in [0.2, 0.25) is 0 Å². The van der Waals surface area contributed by atoms with Gasteiger partial charge in [0, 0.05) is 39.0 Å². The number of hydrogen-bond donors (Lipinski definition) is 2. The minimum atomic E-state index is -4.34. The molecular formula is C13H20F3N3O. The maximum absolute atomic E-state index is 12.4. The molecule has 1 rings (SSSR count). The first-order valence-corrected chi connectivity index (χ1v) is 6.38. The molecule has 1 aromatic heterocycles. The predicted octanol–water partition coefficient (Wildman–Crippen LogP) is 1.81. The number of pyridine rings is 1. The van der Waals surface area contributed by atoms with Crippen molar-refractivity contribution in [3.05, 3.63) is 29.6 Å². The summed E-state index contributed by atoms with van der Waals surface area (Å²) >= 11 is 0. The van der Waals surface area contributed by atoms with Crippen molar-refractivity contribution >= 4 is 0 Å². The number of alkyl halides is 3. The van der Waals surface area contributed by atoms with Gasteiger partial charge in [0.05, 0.1) is 17.9 Å². The van der Waals surface area contributed by atoms with E-state index >= 15 is 0 Å². The van der Waals surface area contributed by atoms with E-state index in [1.165, 1.54) is 6.07 Å². The number of methoxy groups -OCH3 is 1. The third-order valence-corrected chi connectivity index (χ3v) is 2.72. The second-order valence-corrected chi connectivity index (χ2v) is 4.51. The molecule has 0 saturated heterocycles. The highest BCUT2D eigenvalue weighted by molar-refractivity contribution is 5.16. The predicted molar refractivity (Wildman–Crippen MR) is 70.3 cm³/mol. The minimum absolute atomic E-state index is 0.191. The van der Waals surface area contributed by atoms with Gasteiger partial charge in [-0.15, -0.1) is 0 Å². The van der Waals surface area contributed by atoms with Crippen molar-refractivity contribution in [2.45, 2.75) is 25.7 Å². The molecule has 4 nitrogen and oxygen atoms in total. The van der Waals surface area contributed by atoms with Crippen LogP contribution in [0.4, 0.5) is 13.2 Å². The van der Waals surface area contributed by atoms with Gasteiger partial charge in [0.25, 0.3) is 0 Å². The lowest BCUT2D eigenvalue weighted by Gasteiger charge is -2.14. The summed E-state index contributed by atoms with van der Waals surface area (Å²) in [7, 11) is 1.64. The van der Waals surface area contributed by atoms with Gasteiger partial charge in [-0.1, -0.05) is 0 Å². The largest absolute Gasteiger partial charge is 0.417 e. The molecule has 0 aliphatic carbocycles. The van der Waals surface area contributed by atoms with E-state index in [4.69, 9.17) is 4.74 Å². The highest BCUT2D eigenvalue weighted by Gasteiger charge is 2.30. The van der Waals surface area contributed by atoms with Gasteiger partial charge in [0.15, 0.2) is 0 Å². The molecular weight excluding hydrogens is 271 g/mol. The summed E-state index contributed by atoms with van der Waals surface area (Å²) in [4.78, 5) is 3.80. The van der Waals surface area contributed by atoms with E-state index in [2.05, 4.69) is 15.6 Å². The Morgan fingerprint density at radius 2 is 2.10 bits per heavy atom. The van der Waals surface area contributed by atoms with Crippen LogP contribution in [0.2, 0.25) is 0 Å². The van der Waals surface area contributed by atoms with Crippen LogP contribution in [0.1, 0.15) is 18.2 Å². The third-order valence-electron chi connectivity index (χ3n) is 2.72. The van der Waals surface area contributed by atoms with Gasteiger partial charge in [-0.3, -0.25) is 4.98 Å². The highest BCUT2D eigenvalue weighted by atomic mass is 19.4. The monoisotopic (exact) mass is 291 g/mol. The van der Waals surface area contributed by atoms with Gasteiger partial charge in [-0.05, 0) is 19.1 Å². The topological polar surface area (TPSA) is 46.2 Å². The van der Waals surface area contributed by atoms with E-state index in [1.54, 1.807) is 7.11 Å². The zero-order chi connectivity index (χ0) is 15.0. The molecule has 1 unspecified atom stereocenters. The molecule has 0 aliphatic rings. The molecule has 0 amide bonds. The van der Waals surface area contributed by atoms with E-state index in [-0.39, 0.29) is 6.04 Å². The van der Waals surface area contributed by atoms with Crippen LogP contribution in [0, 0.1) is 0 Å². The van der Waals surface area contributed by atoms with Crippen LogP contribution in [-0.2, 0) is 17.5 Å². The molecule has 0 radical (unpaired) electrons. The second-order valence-electron chi connectivity index (χ2n) is 4.51. The molecule has 7 heteroatoms. The summed E-state index contributed by atoms with van der Waals surface area (Å²) in [5.41, 5.74) is -0.141. The highest BCUT2D eigenvalue weighted by Crippen LogP contribution is 2.28. The maximum atomic E-state index is 12.4. The Balaban J connectivity index is 2.31. The van der Waals surface area contributed by atoms with E-state index in [0.717, 1.165) is 25.4 Å². The van der Waals surface area contributed by atoms with Gasteiger partial charge >= 0.3 is 6.18 Å². The normalized spacial score (nSPS) is 13.4. The first-order chi connectivity index (χ1) is 9.43. The van der Waals surface area contributed by atoms with Crippen LogP contribution < -0.4 is 10.6 Å². The third kappa shape index (κ3) is 6.31. The molecule has 0 spiro atoms. The Kier molecular flexibility index (Phi) is 6.90. The summed E-state index contributed by atoms with van der Waals surface area (Å²) < 4.78 is 42.0. The van der Waals surface area contributed by atoms with Crippen LogP contribution in [-0.4, -0.2) is 37.8 Å². The molecule has 0 bridgehead atoms. The van der Waals surface area contributed by atoms with Crippen molar-refractivity contribution < 1.29 is 17.9 Å². The quantitative estimate of drug-likeness (QED) is 0.717. The van der Waals surface area contributed by atoms with E-state index in [0.29, 0.717) is 18.8 Å². The van der Waals surface area contributed by atoms with E-state index in [1.807, 2.05) is 6.92 Å². The molecule has 0 aliphatic heterocycles. The SMILES string of the molecule is COCCNCC(C)NCc1ccc(C(F)(F)F)cn1. The fourth-order valence-corrected chi connectivity index (χ4v) is 1.54. The number of hydrogen-bond acceptors (Lipinski definition) is 4. The molecule has 0 saturated carbocycles. The first kappa shape index (κ1) is 16.9. The summed E-state index contributed by atoms with van der Waals surface area (Å²) in [6, 6.07) is 2.63. The van der Waals surface area contributed by atoms with Crippen molar-refractivity contribution in [1.29, 1.82) is 0 Å². The lowest BCUT2D eigenvalue weighted by atomic mass is 10.2. The summed E-state index contributed by atoms with van der Waals surface area (Å²) in [6.45, 7) is 4.59. The summed E-state index contributed by atoms with van der Waals surface area (Å²) in [5, 5.41) is 6.38. The zero-order valence-corrected chi connectivity index (χ0v) is 11.6. The lowest BCUT2D eigenvalue weighted by molar-refractivity contribution is -0.137. The number of nitrogens with one attached hydrogen (secondary N) is 2. The van der Waals surface area contributed by atoms with E-state index < -0.39 is 11.7 Å². The Hall–Kier alpha value is -1.18. The Morgan fingerprint density at radius 3 is 2.65 bits per heavy atom. The molecule has 20 heavy (non-hydrogen) atoms. The molecule has 2 N–H and O–H groups in total. The average Bonchev–Trinajstić information content (AvgIpc) is 2.41. The first-order valence-electron chi connectivity index (χ1n) is 6.38. The van der Waals surface area contributed by atoms with Crippen LogP contribution in [0.15, 0.2) is 18.3 Å². The van der Waals surface area contributed by atoms with Crippen molar-refractivity contribution in [3.8, 4) is 0 Å². The van der Waals surface area contributed by atoms with Gasteiger partial charge < -0.3 is 15.4 Å². The fourth-order valence-electron chi connectivity index (χ4n) is 1.54. The van der Waals surface area contributed by atoms with E-state index in [9.17, 15) is 13.2 Å². The van der Waals surface area contributed by atoms with Crippen LogP contribution in [0.5, 0.6) is 0 Å². The smallest absolute Gasteiger partial charge is 0.383 e. The van der Waals surface area contributed by atoms with Gasteiger partial charge in [-0.2, -0.15) is 13.2 Å². The number of rotatable bonds is 8. The maximum Gasteiger partial charge on any atom is 0.417 e. The van der Waals surface area contributed by atoms with Crippen LogP contribution in [0.25, 0.3) is 0 Å². The molecule has 114 valence electrons. The average molecular weight is 291 g/mol. The minimum Gasteiger partial charge on any atom is -0.383 e. The summed E-state index contributed by atoms with van der Waals surface area (Å²) in [6.07, 6.45) is -3.48. The standard InChI is InChI=1S/C13H20F3N3O/c1-10(7-17-5-6-20-2)18-9-12-4-3-11(8-19-12)13(14,15)16/h3-4,8,10,17-18H,5-7,9H2,1-2H3. The molecule has 1 aromatic rings. The molecule has 0 aromatic carbocycles. The number of ether oxygens (including phenoxy) is 1. The van der Waals surface area contributed by atoms with Crippen molar-refractivity contribution in [1.82, 2.24) is 15.6 Å². The molecule has 1 heterocycles. The second kappa shape index (κ2) is 8.18. The lowest BCUT2D eigenvalue weighted by Crippen LogP contribution is -2.37. The van der Waals surface area contributed by atoms with Crippen molar-refractivity contribution in [2.75, 3.05) is 26.8 Å². The Morgan fingerprint density at radius 1 is 1.35 bits per heavy atom. The zero-order valence-electron chi connectivity index (χ0n) is 11.6. The number of aromatic nitrogens is 1. The fraction of sp³-hybridized carbons (Fsp3) is 0.615. The van der Waals surface area contributed by atoms with Crippen molar-refractivity contribution in [3.63, 3.8) is 0 Å². The van der Waals surface area contributed by atoms with Crippen LogP contribution >= 0.6 is 0 Å². The van der Waals surface area contributed by atoms with Crippen molar-refractivity contribution in [2.24, 2.45) is 0 Å². The number of halogens is 3. The van der Waals surface area contributed by atoms with Gasteiger partial charge in [-0.25, -0.2) is 0 Å². The number of nitrogens with zero attached hydrogens (tertiary/aromatic N) is 1. The summed E-state index contributed by atoms with van der Waals surface area (Å²) in [5.74, 6) is 0. The Bertz CT molecular complexity index is 381. The Labute approximate surface area is 116 Å².